The van der Waals surface area contributed by atoms with Crippen LogP contribution in [0.2, 0.25) is 0 Å². The van der Waals surface area contributed by atoms with Gasteiger partial charge in [-0.25, -0.2) is 35.3 Å². The van der Waals surface area contributed by atoms with Gasteiger partial charge in [-0.1, -0.05) is 75.5 Å². The molecule has 2 aromatic carbocycles. The number of aliphatic carboxylic acids is 1. The van der Waals surface area contributed by atoms with Gasteiger partial charge >= 0.3 is 30.2 Å². The van der Waals surface area contributed by atoms with Crippen LogP contribution in [0.4, 0.5) is 19.2 Å². The van der Waals surface area contributed by atoms with Crippen LogP contribution in [0.1, 0.15) is 93.2 Å². The molecule has 6 saturated heterocycles. The Morgan fingerprint density at radius 2 is 1.03 bits per heavy atom. The number of nitrogens with two attached hydrogens (primary N) is 1. The molecule has 0 saturated carbocycles. The number of ether oxygens (including phenoxy) is 2. The number of hydrogen-bond acceptors (Lipinski definition) is 13. The average Bonchev–Trinajstić information content (AvgIpc) is 3.60. The molecule has 8 rings (SSSR count). The number of carbonyl (C=O) groups is 6. The Morgan fingerprint density at radius 3 is 1.43 bits per heavy atom. The third-order valence-electron chi connectivity index (χ3n) is 11.2. The Balaban J connectivity index is 0.000000239. The number of rotatable bonds is 11. The molecule has 4 atom stereocenters. The van der Waals surface area contributed by atoms with E-state index in [1.54, 1.807) is 25.7 Å². The van der Waals surface area contributed by atoms with Gasteiger partial charge < -0.3 is 34.2 Å². The lowest BCUT2D eigenvalue weighted by Crippen LogP contribution is -2.58. The molecule has 6 fully saturated rings. The number of carboxylic acids is 1. The summed E-state index contributed by atoms with van der Waals surface area (Å²) in [7, 11) is 0. The molecule has 6 heterocycles. The summed E-state index contributed by atoms with van der Waals surface area (Å²) in [6.45, 7) is 14.1. The van der Waals surface area contributed by atoms with Crippen molar-refractivity contribution in [2.45, 2.75) is 143 Å². The fourth-order valence-electron chi connectivity index (χ4n) is 7.76. The highest BCUT2D eigenvalue weighted by molar-refractivity contribution is 5.88. The normalized spacial score (nSPS) is 22.1. The van der Waals surface area contributed by atoms with Crippen LogP contribution in [-0.4, -0.2) is 158 Å². The van der Waals surface area contributed by atoms with Gasteiger partial charge in [-0.15, -0.1) is 0 Å². The number of benzene rings is 2. The molecule has 7 amide bonds. The van der Waals surface area contributed by atoms with Crippen LogP contribution < -0.4 is 11.4 Å². The van der Waals surface area contributed by atoms with Crippen LogP contribution in [0, 0.1) is 0 Å². The lowest BCUT2D eigenvalue weighted by Gasteiger charge is -2.39. The van der Waals surface area contributed by atoms with Crippen LogP contribution in [0.15, 0.2) is 60.7 Å². The third-order valence-corrected chi connectivity index (χ3v) is 11.2. The van der Waals surface area contributed by atoms with E-state index in [9.17, 15) is 28.8 Å². The minimum absolute atomic E-state index is 0. The number of carbonyl (C=O) groups excluding carboxylic acids is 5. The zero-order valence-electron chi connectivity index (χ0n) is 37.8. The minimum atomic E-state index is -0.943. The van der Waals surface area contributed by atoms with Gasteiger partial charge in [0.1, 0.15) is 48.7 Å². The Morgan fingerprint density at radius 1 is 0.627 bits per heavy atom. The highest BCUT2D eigenvalue weighted by Crippen LogP contribution is 2.32. The zero-order chi connectivity index (χ0) is 47.1. The van der Waals surface area contributed by atoms with E-state index in [-0.39, 0.29) is 63.2 Å². The average molecular weight is 943 g/mol. The number of hydrogen-bond donors (Lipinski definition) is 3. The molecule has 0 spiro atoms. The lowest BCUT2D eigenvalue weighted by atomic mass is 10.0. The van der Waals surface area contributed by atoms with Crippen LogP contribution >= 0.6 is 0 Å². The predicted molar refractivity (Wildman–Crippen MR) is 243 cm³/mol. The van der Waals surface area contributed by atoms with Crippen molar-refractivity contribution < 1.29 is 62.7 Å². The van der Waals surface area contributed by atoms with Gasteiger partial charge in [0.2, 0.25) is 0 Å². The van der Waals surface area contributed by atoms with Gasteiger partial charge in [-0.2, -0.15) is 10.1 Å². The second-order valence-corrected chi connectivity index (χ2v) is 18.6. The van der Waals surface area contributed by atoms with Crippen LogP contribution in [0.5, 0.6) is 0 Å². The summed E-state index contributed by atoms with van der Waals surface area (Å²) < 4.78 is 10.4. The van der Waals surface area contributed by atoms with Gasteiger partial charge in [0, 0.05) is 13.1 Å². The first-order valence-electron chi connectivity index (χ1n) is 21.8. The number of hydroxylamine groups is 5. The van der Waals surface area contributed by atoms with Crippen molar-refractivity contribution in [3.8, 4) is 0 Å². The summed E-state index contributed by atoms with van der Waals surface area (Å²) in [4.78, 5) is 99.4. The van der Waals surface area contributed by atoms with E-state index in [4.69, 9.17) is 35.0 Å². The second kappa shape index (κ2) is 23.3. The van der Waals surface area contributed by atoms with Crippen molar-refractivity contribution in [2.75, 3.05) is 39.3 Å². The molecule has 21 heteroatoms. The third kappa shape index (κ3) is 14.4. The molecule has 6 aliphatic heterocycles. The molecule has 372 valence electrons. The quantitative estimate of drug-likeness (QED) is 0.243. The number of fused-ring (bicyclic) bond motifs is 4. The molecule has 4 bridgehead atoms. The SMILES string of the molecule is C.C.CC(C)(C)OC(=O)N1CC(ON)C1.CC(C)(C)OC(=O)N1CC(ONC(=O)[C@@H]2CC[C@@H]3CN2C(=O)N3OCc2ccccc2)C1.O=C(O)[C@@H]1CC[C@@H]2CN1C(=O)N2OCc1ccccc1. The van der Waals surface area contributed by atoms with E-state index in [1.165, 1.54) is 24.8 Å². The Kier molecular flexibility index (Phi) is 18.8. The van der Waals surface area contributed by atoms with Crippen molar-refractivity contribution in [3.63, 3.8) is 0 Å². The first-order chi connectivity index (χ1) is 30.8. The number of amides is 7. The number of urea groups is 2. The van der Waals surface area contributed by atoms with Gasteiger partial charge in [0.15, 0.2) is 0 Å². The maximum Gasteiger partial charge on any atom is 0.410 e. The summed E-state index contributed by atoms with van der Waals surface area (Å²) in [6.07, 6.45) is 1.30. The maximum absolute atomic E-state index is 12.8. The number of nitrogens with one attached hydrogen (secondary N) is 1. The molecule has 0 aromatic heterocycles. The van der Waals surface area contributed by atoms with Crippen molar-refractivity contribution in [3.05, 3.63) is 71.8 Å². The fourth-order valence-corrected chi connectivity index (χ4v) is 7.76. The summed E-state index contributed by atoms with van der Waals surface area (Å²) in [6, 6.07) is 17.1. The molecule has 0 radical (unpaired) electrons. The Hall–Kier alpha value is -5.74. The highest BCUT2D eigenvalue weighted by Gasteiger charge is 2.49. The molecule has 6 aliphatic rings. The standard InChI is InChI=1S/C22H30N4O6.C14H16N2O4.C8H16N2O3.2CH4/c1-22(2,3)31-21(29)24-12-17(13-24)32-23-19(27)18-10-9-16-11-25(18)20(28)26(16)30-14-15-7-5-4-6-8-15;17-13(18)12-7-6-11-8-15(12)14(19)16(11)20-9-10-4-2-1-3-5-10;1-8(2,3)12-7(11)10-4-6(5-10)13-9;;/h4-8,16-18H,9-14H2,1-3H3,(H,23,27);1-5,11-12H,6-9H2,(H,17,18);6H,4-5,9H2,1-3H3;2*1H4/t16-,18+;11-,12+;;;/m11.../s1. The minimum Gasteiger partial charge on any atom is -0.480 e. The largest absolute Gasteiger partial charge is 0.480 e. The van der Waals surface area contributed by atoms with Crippen molar-refractivity contribution in [1.82, 2.24) is 35.2 Å². The first kappa shape index (κ1) is 53.9. The van der Waals surface area contributed by atoms with Gasteiger partial charge in [-0.05, 0) is 78.4 Å². The monoisotopic (exact) mass is 943 g/mol. The molecular formula is C46H70N8O13. The number of nitrogens with zero attached hydrogens (tertiary/aromatic N) is 6. The van der Waals surface area contributed by atoms with Gasteiger partial charge in [0.05, 0.1) is 38.3 Å². The molecule has 2 aromatic rings. The van der Waals surface area contributed by atoms with E-state index in [0.717, 1.165) is 11.1 Å². The van der Waals surface area contributed by atoms with Gasteiger partial charge in [0.25, 0.3) is 5.91 Å². The van der Waals surface area contributed by atoms with E-state index >= 15 is 0 Å². The smallest absolute Gasteiger partial charge is 0.410 e. The van der Waals surface area contributed by atoms with E-state index < -0.39 is 35.3 Å². The number of likely N-dealkylation sites (tertiary alicyclic amines) is 2. The van der Waals surface area contributed by atoms with Crippen LogP contribution in [0.25, 0.3) is 0 Å². The zero-order valence-corrected chi connectivity index (χ0v) is 37.8. The van der Waals surface area contributed by atoms with E-state index in [0.29, 0.717) is 78.2 Å². The van der Waals surface area contributed by atoms with Crippen molar-refractivity contribution in [1.29, 1.82) is 0 Å². The Labute approximate surface area is 393 Å². The van der Waals surface area contributed by atoms with Crippen molar-refractivity contribution >= 4 is 36.1 Å². The van der Waals surface area contributed by atoms with Crippen LogP contribution in [0.3, 0.4) is 0 Å². The summed E-state index contributed by atoms with van der Waals surface area (Å²) >= 11 is 0. The highest BCUT2D eigenvalue weighted by atomic mass is 16.7. The Bertz CT molecular complexity index is 1970. The number of carboxylic acid groups (broad SMARTS) is 1. The van der Waals surface area contributed by atoms with Crippen LogP contribution in [-0.2, 0) is 51.6 Å². The first-order valence-corrected chi connectivity index (χ1v) is 21.8. The lowest BCUT2D eigenvalue weighted by molar-refractivity contribution is -0.153. The molecule has 0 aliphatic carbocycles. The molecule has 4 N–H and O–H groups in total. The topological polar surface area (TPSA) is 236 Å². The maximum atomic E-state index is 12.8. The predicted octanol–water partition coefficient (Wildman–Crippen LogP) is 5.29. The van der Waals surface area contributed by atoms with Crippen molar-refractivity contribution in [2.24, 2.45) is 5.90 Å². The molecule has 21 nitrogen and oxygen atoms in total. The van der Waals surface area contributed by atoms with E-state index in [2.05, 4.69) is 10.3 Å². The van der Waals surface area contributed by atoms with E-state index in [1.807, 2.05) is 81.4 Å². The molecular weight excluding hydrogens is 873 g/mol. The molecule has 67 heavy (non-hydrogen) atoms. The second-order valence-electron chi connectivity index (χ2n) is 18.6. The summed E-state index contributed by atoms with van der Waals surface area (Å²) in [5.74, 6) is 3.64. The molecule has 0 unspecified atom stereocenters. The summed E-state index contributed by atoms with van der Waals surface area (Å²) in [5.41, 5.74) is 3.42. The van der Waals surface area contributed by atoms with Gasteiger partial charge in [-0.3, -0.25) is 24.1 Å². The summed E-state index contributed by atoms with van der Waals surface area (Å²) in [5, 5.41) is 11.9. The fraction of sp³-hybridized carbons (Fsp3) is 0.609. The number of piperidine rings is 2.